The van der Waals surface area contributed by atoms with Crippen LogP contribution >= 0.6 is 0 Å². The standard InChI is InChI=1S/C17H21N3O/c1-2-5-17-19-10-11-20(17)12-13-21-16-8-3-6-15(14-16)7-4-9-18/h3,6,8,10-11,14H,2,5,9,12-13,18H2,1H3. The maximum atomic E-state index is 5.79. The molecule has 2 aromatic rings. The van der Waals surface area contributed by atoms with E-state index in [2.05, 4.69) is 28.3 Å². The third-order valence-electron chi connectivity index (χ3n) is 3.05. The molecule has 0 spiro atoms. The van der Waals surface area contributed by atoms with Crippen LogP contribution in [0, 0.1) is 11.8 Å². The third kappa shape index (κ3) is 4.66. The molecule has 0 amide bonds. The van der Waals surface area contributed by atoms with Gasteiger partial charge in [-0.3, -0.25) is 0 Å². The molecule has 4 nitrogen and oxygen atoms in total. The summed E-state index contributed by atoms with van der Waals surface area (Å²) in [6.07, 6.45) is 5.93. The highest BCUT2D eigenvalue weighted by Crippen LogP contribution is 2.12. The molecule has 0 saturated heterocycles. The van der Waals surface area contributed by atoms with Crippen LogP contribution in [0.1, 0.15) is 24.7 Å². The molecular weight excluding hydrogens is 262 g/mol. The molecule has 0 bridgehead atoms. The normalized spacial score (nSPS) is 10.0. The molecule has 0 saturated carbocycles. The number of ether oxygens (including phenoxy) is 1. The monoisotopic (exact) mass is 283 g/mol. The Bertz CT molecular complexity index is 622. The first-order valence-electron chi connectivity index (χ1n) is 7.25. The summed E-state index contributed by atoms with van der Waals surface area (Å²) in [6.45, 7) is 3.93. The summed E-state index contributed by atoms with van der Waals surface area (Å²) in [5.41, 5.74) is 6.30. The molecule has 0 aliphatic carbocycles. The lowest BCUT2D eigenvalue weighted by Gasteiger charge is -2.09. The van der Waals surface area contributed by atoms with Crippen molar-refractivity contribution in [2.45, 2.75) is 26.3 Å². The van der Waals surface area contributed by atoms with Crippen molar-refractivity contribution in [3.05, 3.63) is 48.0 Å². The number of hydrogen-bond donors (Lipinski definition) is 1. The van der Waals surface area contributed by atoms with Crippen molar-refractivity contribution in [3.8, 4) is 17.6 Å². The number of benzene rings is 1. The Morgan fingerprint density at radius 3 is 3.10 bits per heavy atom. The quantitative estimate of drug-likeness (QED) is 0.827. The lowest BCUT2D eigenvalue weighted by molar-refractivity contribution is 0.296. The van der Waals surface area contributed by atoms with E-state index in [1.165, 1.54) is 0 Å². The van der Waals surface area contributed by atoms with E-state index in [1.807, 2.05) is 36.7 Å². The Morgan fingerprint density at radius 1 is 1.38 bits per heavy atom. The molecule has 1 heterocycles. The van der Waals surface area contributed by atoms with Gasteiger partial charge < -0.3 is 15.0 Å². The first-order valence-corrected chi connectivity index (χ1v) is 7.25. The largest absolute Gasteiger partial charge is 0.492 e. The van der Waals surface area contributed by atoms with E-state index in [4.69, 9.17) is 10.5 Å². The molecule has 1 aromatic heterocycles. The minimum absolute atomic E-state index is 0.367. The first kappa shape index (κ1) is 15.1. The van der Waals surface area contributed by atoms with Gasteiger partial charge in [-0.1, -0.05) is 24.8 Å². The highest BCUT2D eigenvalue weighted by atomic mass is 16.5. The van der Waals surface area contributed by atoms with Crippen LogP contribution in [-0.2, 0) is 13.0 Å². The van der Waals surface area contributed by atoms with Crippen LogP contribution in [0.5, 0.6) is 5.75 Å². The van der Waals surface area contributed by atoms with Gasteiger partial charge in [0.05, 0.1) is 13.1 Å². The van der Waals surface area contributed by atoms with Gasteiger partial charge in [0, 0.05) is 24.4 Å². The van der Waals surface area contributed by atoms with Crippen LogP contribution < -0.4 is 10.5 Å². The van der Waals surface area contributed by atoms with Gasteiger partial charge in [0.1, 0.15) is 18.2 Å². The Morgan fingerprint density at radius 2 is 2.29 bits per heavy atom. The van der Waals surface area contributed by atoms with Gasteiger partial charge in [0.2, 0.25) is 0 Å². The fraction of sp³-hybridized carbons (Fsp3) is 0.353. The molecule has 0 atom stereocenters. The van der Waals surface area contributed by atoms with E-state index in [9.17, 15) is 0 Å². The molecule has 0 fully saturated rings. The van der Waals surface area contributed by atoms with E-state index >= 15 is 0 Å². The second kappa shape index (κ2) is 8.13. The van der Waals surface area contributed by atoms with E-state index in [0.717, 1.165) is 36.5 Å². The van der Waals surface area contributed by atoms with Crippen molar-refractivity contribution in [3.63, 3.8) is 0 Å². The highest BCUT2D eigenvalue weighted by molar-refractivity contribution is 5.39. The molecule has 0 unspecified atom stereocenters. The molecule has 110 valence electrons. The minimum Gasteiger partial charge on any atom is -0.492 e. The molecule has 0 radical (unpaired) electrons. The van der Waals surface area contributed by atoms with Gasteiger partial charge in [-0.05, 0) is 24.6 Å². The topological polar surface area (TPSA) is 53.1 Å². The van der Waals surface area contributed by atoms with Crippen molar-refractivity contribution in [2.24, 2.45) is 5.73 Å². The van der Waals surface area contributed by atoms with Crippen molar-refractivity contribution >= 4 is 0 Å². The zero-order valence-corrected chi connectivity index (χ0v) is 12.4. The van der Waals surface area contributed by atoms with Gasteiger partial charge in [-0.25, -0.2) is 4.98 Å². The van der Waals surface area contributed by atoms with Crippen molar-refractivity contribution < 1.29 is 4.74 Å². The summed E-state index contributed by atoms with van der Waals surface area (Å²) in [7, 11) is 0. The zero-order valence-electron chi connectivity index (χ0n) is 12.4. The summed E-state index contributed by atoms with van der Waals surface area (Å²) in [4.78, 5) is 4.36. The lowest BCUT2D eigenvalue weighted by atomic mass is 10.2. The van der Waals surface area contributed by atoms with Gasteiger partial charge in [-0.2, -0.15) is 0 Å². The Kier molecular flexibility index (Phi) is 5.86. The van der Waals surface area contributed by atoms with Crippen molar-refractivity contribution in [2.75, 3.05) is 13.2 Å². The summed E-state index contributed by atoms with van der Waals surface area (Å²) < 4.78 is 7.93. The number of hydrogen-bond acceptors (Lipinski definition) is 3. The molecule has 4 heteroatoms. The van der Waals surface area contributed by atoms with E-state index in [1.54, 1.807) is 0 Å². The second-order valence-electron chi connectivity index (χ2n) is 4.67. The predicted molar refractivity (Wildman–Crippen MR) is 84.1 cm³/mol. The van der Waals surface area contributed by atoms with Crippen LogP contribution in [0.3, 0.4) is 0 Å². The van der Waals surface area contributed by atoms with Crippen molar-refractivity contribution in [1.82, 2.24) is 9.55 Å². The summed E-state index contributed by atoms with van der Waals surface area (Å²) >= 11 is 0. The fourth-order valence-corrected chi connectivity index (χ4v) is 2.07. The number of nitrogens with zero attached hydrogens (tertiary/aromatic N) is 2. The molecule has 0 aliphatic heterocycles. The number of aromatic nitrogens is 2. The number of aryl methyl sites for hydroxylation is 1. The maximum absolute atomic E-state index is 5.79. The number of rotatable bonds is 6. The Balaban J connectivity index is 1.89. The summed E-state index contributed by atoms with van der Waals surface area (Å²) in [6, 6.07) is 7.76. The van der Waals surface area contributed by atoms with Crippen LogP contribution in [0.25, 0.3) is 0 Å². The average molecular weight is 283 g/mol. The number of nitrogens with two attached hydrogens (primary N) is 1. The molecular formula is C17H21N3O. The molecule has 0 aliphatic rings. The zero-order chi connectivity index (χ0) is 14.9. The average Bonchev–Trinajstić information content (AvgIpc) is 2.93. The Labute approximate surface area is 125 Å². The number of imidazole rings is 1. The van der Waals surface area contributed by atoms with Gasteiger partial charge >= 0.3 is 0 Å². The van der Waals surface area contributed by atoms with Crippen LogP contribution in [0.2, 0.25) is 0 Å². The lowest BCUT2D eigenvalue weighted by Crippen LogP contribution is -2.10. The van der Waals surface area contributed by atoms with Crippen LogP contribution in [0.15, 0.2) is 36.7 Å². The minimum atomic E-state index is 0.367. The first-order chi connectivity index (χ1) is 10.3. The van der Waals surface area contributed by atoms with Gasteiger partial charge in [-0.15, -0.1) is 0 Å². The molecule has 21 heavy (non-hydrogen) atoms. The second-order valence-corrected chi connectivity index (χ2v) is 4.67. The van der Waals surface area contributed by atoms with E-state index in [0.29, 0.717) is 13.2 Å². The Hall–Kier alpha value is -2.25. The van der Waals surface area contributed by atoms with Crippen LogP contribution in [-0.4, -0.2) is 22.7 Å². The van der Waals surface area contributed by atoms with E-state index < -0.39 is 0 Å². The van der Waals surface area contributed by atoms with Gasteiger partial charge in [0.15, 0.2) is 0 Å². The smallest absolute Gasteiger partial charge is 0.120 e. The van der Waals surface area contributed by atoms with Crippen molar-refractivity contribution in [1.29, 1.82) is 0 Å². The summed E-state index contributed by atoms with van der Waals surface area (Å²) in [5.74, 6) is 7.79. The SMILES string of the molecule is CCCc1nccn1CCOc1cccc(C#CCN)c1. The van der Waals surface area contributed by atoms with Crippen LogP contribution in [0.4, 0.5) is 0 Å². The van der Waals surface area contributed by atoms with E-state index in [-0.39, 0.29) is 0 Å². The third-order valence-corrected chi connectivity index (χ3v) is 3.05. The highest BCUT2D eigenvalue weighted by Gasteiger charge is 2.02. The fourth-order valence-electron chi connectivity index (χ4n) is 2.07. The van der Waals surface area contributed by atoms with Gasteiger partial charge in [0.25, 0.3) is 0 Å². The summed E-state index contributed by atoms with van der Waals surface area (Å²) in [5, 5.41) is 0. The molecule has 2 rings (SSSR count). The maximum Gasteiger partial charge on any atom is 0.120 e. The molecule has 1 aromatic carbocycles. The predicted octanol–water partition coefficient (Wildman–Crippen LogP) is 2.22. The molecule has 2 N–H and O–H groups in total.